The third kappa shape index (κ3) is 4.31. The molecule has 1 amide bonds. The predicted octanol–water partition coefficient (Wildman–Crippen LogP) is 6.23. The summed E-state index contributed by atoms with van der Waals surface area (Å²) in [5.74, 6) is 1.36. The van der Waals surface area contributed by atoms with E-state index in [1.54, 1.807) is 0 Å². The lowest BCUT2D eigenvalue weighted by Gasteiger charge is -2.54. The molecule has 3 heterocycles. The van der Waals surface area contributed by atoms with Crippen LogP contribution in [-0.2, 0) is 6.42 Å². The molecule has 0 unspecified atom stereocenters. The van der Waals surface area contributed by atoms with E-state index in [0.29, 0.717) is 5.92 Å². The minimum atomic E-state index is -0.769. The molecule has 1 N–H and O–H groups in total. The topological polar surface area (TPSA) is 53.0 Å². The van der Waals surface area contributed by atoms with E-state index >= 15 is 0 Å². The van der Waals surface area contributed by atoms with Crippen LogP contribution in [0.3, 0.4) is 0 Å². The van der Waals surface area contributed by atoms with E-state index in [9.17, 15) is 9.90 Å². The van der Waals surface area contributed by atoms with Crippen molar-refractivity contribution in [1.82, 2.24) is 9.80 Å². The molecule has 2 bridgehead atoms. The first kappa shape index (κ1) is 23.2. The van der Waals surface area contributed by atoms with E-state index in [1.807, 2.05) is 30.9 Å². The first-order chi connectivity index (χ1) is 16.2. The maximum absolute atomic E-state index is 12.8. The third-order valence-electron chi connectivity index (χ3n) is 8.25. The number of ether oxygens (including phenoxy) is 1. The second kappa shape index (κ2) is 8.92. The van der Waals surface area contributed by atoms with Gasteiger partial charge in [-0.05, 0) is 98.3 Å². The van der Waals surface area contributed by atoms with Crippen molar-refractivity contribution in [1.29, 1.82) is 0 Å². The minimum Gasteiger partial charge on any atom is -0.491 e. The molecule has 34 heavy (non-hydrogen) atoms. The summed E-state index contributed by atoms with van der Waals surface area (Å²) in [7, 11) is 0. The van der Waals surface area contributed by atoms with Crippen molar-refractivity contribution in [2.24, 2.45) is 11.3 Å². The van der Waals surface area contributed by atoms with E-state index in [2.05, 4.69) is 49.1 Å². The molecule has 2 atom stereocenters. The van der Waals surface area contributed by atoms with E-state index in [1.165, 1.54) is 16.7 Å². The molecule has 2 aromatic rings. The highest BCUT2D eigenvalue weighted by Crippen LogP contribution is 2.50. The molecule has 3 saturated heterocycles. The maximum Gasteiger partial charge on any atom is 0.408 e. The summed E-state index contributed by atoms with van der Waals surface area (Å²) in [5, 5.41) is 10.5. The van der Waals surface area contributed by atoms with Gasteiger partial charge in [-0.25, -0.2) is 4.79 Å². The number of rotatable bonds is 5. The molecule has 0 radical (unpaired) electrons. The molecular formula is C29H38N2O3. The van der Waals surface area contributed by atoms with Gasteiger partial charge in [0.2, 0.25) is 0 Å². The Morgan fingerprint density at radius 1 is 1.09 bits per heavy atom. The molecule has 1 aliphatic carbocycles. The smallest absolute Gasteiger partial charge is 0.408 e. The molecule has 3 aliphatic heterocycles. The number of hydrogen-bond acceptors (Lipinski definition) is 3. The van der Waals surface area contributed by atoms with Gasteiger partial charge in [-0.3, -0.25) is 4.90 Å². The summed E-state index contributed by atoms with van der Waals surface area (Å²) in [5.41, 5.74) is 4.72. The monoisotopic (exact) mass is 462 g/mol. The number of carbonyl (C=O) groups is 1. The molecule has 6 rings (SSSR count). The Balaban J connectivity index is 1.48. The summed E-state index contributed by atoms with van der Waals surface area (Å²) < 4.78 is 5.80. The number of benzene rings is 2. The van der Waals surface area contributed by atoms with Crippen LogP contribution >= 0.6 is 0 Å². The van der Waals surface area contributed by atoms with Crippen LogP contribution in [0, 0.1) is 11.3 Å². The zero-order chi connectivity index (χ0) is 24.0. The third-order valence-corrected chi connectivity index (χ3v) is 8.25. The van der Waals surface area contributed by atoms with Gasteiger partial charge in [0.15, 0.2) is 0 Å². The maximum atomic E-state index is 12.8. The summed E-state index contributed by atoms with van der Waals surface area (Å²) >= 11 is 0. The average molecular weight is 463 g/mol. The first-order valence-corrected chi connectivity index (χ1v) is 12.9. The summed E-state index contributed by atoms with van der Waals surface area (Å²) in [6.07, 6.45) is 3.58. The van der Waals surface area contributed by atoms with E-state index < -0.39 is 6.09 Å². The highest BCUT2D eigenvalue weighted by atomic mass is 16.5. The summed E-state index contributed by atoms with van der Waals surface area (Å²) in [4.78, 5) is 17.1. The summed E-state index contributed by atoms with van der Waals surface area (Å²) in [6.45, 7) is 11.7. The fourth-order valence-corrected chi connectivity index (χ4v) is 6.50. The molecule has 5 nitrogen and oxygen atoms in total. The van der Waals surface area contributed by atoms with Crippen molar-refractivity contribution in [3.05, 3.63) is 53.6 Å². The quantitative estimate of drug-likeness (QED) is 0.572. The van der Waals surface area contributed by atoms with E-state index in [4.69, 9.17) is 4.74 Å². The Morgan fingerprint density at radius 2 is 1.76 bits per heavy atom. The normalized spacial score (nSPS) is 27.3. The predicted molar refractivity (Wildman–Crippen MR) is 135 cm³/mol. The van der Waals surface area contributed by atoms with E-state index in [0.717, 1.165) is 56.6 Å². The fourth-order valence-electron chi connectivity index (χ4n) is 6.50. The van der Waals surface area contributed by atoms with Crippen LogP contribution in [0.5, 0.6) is 5.75 Å². The van der Waals surface area contributed by atoms with Crippen molar-refractivity contribution in [3.8, 4) is 16.9 Å². The van der Waals surface area contributed by atoms with Crippen molar-refractivity contribution < 1.29 is 14.6 Å². The number of nitrogens with zero attached hydrogens (tertiary/aromatic N) is 2. The lowest BCUT2D eigenvalue weighted by molar-refractivity contribution is -0.0352. The number of amides is 1. The lowest BCUT2D eigenvalue weighted by Crippen LogP contribution is -2.61. The van der Waals surface area contributed by atoms with Gasteiger partial charge in [-0.1, -0.05) is 44.2 Å². The van der Waals surface area contributed by atoms with Crippen LogP contribution in [0.1, 0.15) is 64.1 Å². The second-order valence-electron chi connectivity index (χ2n) is 11.4. The Bertz CT molecular complexity index is 1040. The average Bonchev–Trinajstić information content (AvgIpc) is 2.81. The van der Waals surface area contributed by atoms with Crippen molar-refractivity contribution >= 4 is 6.09 Å². The molecule has 2 aromatic carbocycles. The molecular weight excluding hydrogens is 424 g/mol. The second-order valence-corrected chi connectivity index (χ2v) is 11.4. The minimum absolute atomic E-state index is 0.0865. The SMILES string of the molecule is CC(C)Oc1ccc(-c2ccc3c(c2)CCC(C)(C)[C@H]3N(C(=O)O)[C@@H]2CN3CCC2CC3)cc1. The largest absolute Gasteiger partial charge is 0.491 e. The van der Waals surface area contributed by atoms with E-state index in [-0.39, 0.29) is 23.6 Å². The Labute approximate surface area is 203 Å². The van der Waals surface area contributed by atoms with Crippen molar-refractivity contribution in [3.63, 3.8) is 0 Å². The highest BCUT2D eigenvalue weighted by Gasteiger charge is 2.48. The van der Waals surface area contributed by atoms with Crippen molar-refractivity contribution in [2.45, 2.75) is 71.6 Å². The Kier molecular flexibility index (Phi) is 6.09. The van der Waals surface area contributed by atoms with Gasteiger partial charge in [0.05, 0.1) is 18.2 Å². The number of carboxylic acid groups (broad SMARTS) is 1. The Hall–Kier alpha value is -2.53. The van der Waals surface area contributed by atoms with Crippen LogP contribution in [0.2, 0.25) is 0 Å². The van der Waals surface area contributed by atoms with Crippen LogP contribution in [0.4, 0.5) is 4.79 Å². The highest BCUT2D eigenvalue weighted by molar-refractivity contribution is 5.69. The Morgan fingerprint density at radius 3 is 2.35 bits per heavy atom. The van der Waals surface area contributed by atoms with Gasteiger partial charge in [0.25, 0.3) is 0 Å². The standard InChI is InChI=1S/C29H38N2O3/c1-19(2)34-24-8-5-20(6-9-24)22-7-10-25-23(17-22)11-14-29(3,4)27(25)31(28(32)33)26-18-30-15-12-21(26)13-16-30/h5-10,17,19,21,26-27H,11-16,18H2,1-4H3,(H,32,33)/t26-,27+/m1/s1. The number of aryl methyl sites for hydroxylation is 1. The molecule has 4 aliphatic rings. The number of hydrogen-bond donors (Lipinski definition) is 1. The van der Waals surface area contributed by atoms with Crippen LogP contribution < -0.4 is 4.74 Å². The molecule has 0 saturated carbocycles. The number of piperidine rings is 3. The molecule has 0 spiro atoms. The van der Waals surface area contributed by atoms with Crippen LogP contribution in [0.15, 0.2) is 42.5 Å². The number of fused-ring (bicyclic) bond motifs is 4. The zero-order valence-corrected chi connectivity index (χ0v) is 21.0. The fraction of sp³-hybridized carbons (Fsp3) is 0.552. The zero-order valence-electron chi connectivity index (χ0n) is 21.0. The van der Waals surface area contributed by atoms with Crippen LogP contribution in [-0.4, -0.2) is 52.8 Å². The summed E-state index contributed by atoms with van der Waals surface area (Å²) in [6, 6.07) is 14.9. The van der Waals surface area contributed by atoms with Crippen LogP contribution in [0.25, 0.3) is 11.1 Å². The van der Waals surface area contributed by atoms with Gasteiger partial charge < -0.3 is 14.7 Å². The lowest BCUT2D eigenvalue weighted by atomic mass is 9.68. The molecule has 5 heteroatoms. The van der Waals surface area contributed by atoms with Gasteiger partial charge in [-0.15, -0.1) is 0 Å². The van der Waals surface area contributed by atoms with Gasteiger partial charge in [0.1, 0.15) is 5.75 Å². The van der Waals surface area contributed by atoms with Crippen molar-refractivity contribution in [2.75, 3.05) is 19.6 Å². The molecule has 182 valence electrons. The molecule has 0 aromatic heterocycles. The van der Waals surface area contributed by atoms with Gasteiger partial charge in [-0.2, -0.15) is 0 Å². The van der Waals surface area contributed by atoms with Gasteiger partial charge >= 0.3 is 6.09 Å². The first-order valence-electron chi connectivity index (χ1n) is 12.9. The van der Waals surface area contributed by atoms with Gasteiger partial charge in [0, 0.05) is 6.54 Å². The molecule has 3 fully saturated rings.